The van der Waals surface area contributed by atoms with Gasteiger partial charge >= 0.3 is 0 Å². The lowest BCUT2D eigenvalue weighted by Gasteiger charge is -2.19. The van der Waals surface area contributed by atoms with Gasteiger partial charge < -0.3 is 9.84 Å². The Morgan fingerprint density at radius 2 is 2.07 bits per heavy atom. The smallest absolute Gasteiger partial charge is 0.128 e. The van der Waals surface area contributed by atoms with Gasteiger partial charge in [-0.05, 0) is 19.8 Å². The summed E-state index contributed by atoms with van der Waals surface area (Å²) in [7, 11) is 0. The van der Waals surface area contributed by atoms with Gasteiger partial charge in [-0.15, -0.1) is 0 Å². The molecule has 84 valence electrons. The van der Waals surface area contributed by atoms with Crippen molar-refractivity contribution in [2.24, 2.45) is 5.92 Å². The molecule has 0 aromatic carbocycles. The van der Waals surface area contributed by atoms with E-state index in [1.807, 2.05) is 19.9 Å². The average Bonchev–Trinajstić information content (AvgIpc) is 2.18. The lowest BCUT2D eigenvalue weighted by atomic mass is 10.1. The number of aliphatic hydroxyl groups is 1. The first kappa shape index (κ1) is 12.0. The lowest BCUT2D eigenvalue weighted by molar-refractivity contribution is 0.164. The molecule has 15 heavy (non-hydrogen) atoms. The number of nitrogens with zero attached hydrogens (tertiary/aromatic N) is 1. The van der Waals surface area contributed by atoms with Crippen LogP contribution >= 0.6 is 0 Å². The van der Waals surface area contributed by atoms with Crippen molar-refractivity contribution in [3.8, 4) is 5.75 Å². The fourth-order valence-electron chi connectivity index (χ4n) is 1.13. The minimum Gasteiger partial charge on any atom is -0.490 e. The predicted molar refractivity (Wildman–Crippen MR) is 59.8 cm³/mol. The van der Waals surface area contributed by atoms with Gasteiger partial charge in [-0.1, -0.05) is 13.8 Å². The van der Waals surface area contributed by atoms with Crippen LogP contribution < -0.4 is 4.74 Å². The highest BCUT2D eigenvalue weighted by atomic mass is 16.5. The number of aromatic nitrogens is 1. The van der Waals surface area contributed by atoms with Crippen molar-refractivity contribution in [3.63, 3.8) is 0 Å². The second-order valence-corrected chi connectivity index (χ2v) is 4.16. The van der Waals surface area contributed by atoms with E-state index in [9.17, 15) is 0 Å². The minimum absolute atomic E-state index is 0.0343. The summed E-state index contributed by atoms with van der Waals surface area (Å²) < 4.78 is 5.78. The topological polar surface area (TPSA) is 42.4 Å². The quantitative estimate of drug-likeness (QED) is 0.827. The number of rotatable bonds is 4. The molecule has 0 aliphatic heterocycles. The van der Waals surface area contributed by atoms with Crippen molar-refractivity contribution in [2.45, 2.75) is 40.4 Å². The van der Waals surface area contributed by atoms with Gasteiger partial charge in [0.15, 0.2) is 0 Å². The monoisotopic (exact) mass is 209 g/mol. The van der Waals surface area contributed by atoms with Crippen LogP contribution in [0.5, 0.6) is 5.75 Å². The second kappa shape index (κ2) is 5.12. The van der Waals surface area contributed by atoms with E-state index in [1.54, 1.807) is 6.20 Å². The van der Waals surface area contributed by atoms with Crippen LogP contribution in [0.15, 0.2) is 12.3 Å². The van der Waals surface area contributed by atoms with Crippen molar-refractivity contribution >= 4 is 0 Å². The summed E-state index contributed by atoms with van der Waals surface area (Å²) in [6.45, 7) is 8.12. The largest absolute Gasteiger partial charge is 0.490 e. The molecule has 1 aromatic heterocycles. The van der Waals surface area contributed by atoms with Gasteiger partial charge in [0, 0.05) is 23.5 Å². The van der Waals surface area contributed by atoms with Crippen LogP contribution in [0, 0.1) is 12.8 Å². The first-order valence-electron chi connectivity index (χ1n) is 5.27. The summed E-state index contributed by atoms with van der Waals surface area (Å²) in [5.74, 6) is 1.19. The molecule has 1 atom stereocenters. The molecule has 1 aromatic rings. The SMILES string of the molecule is Cc1cc(OC(C)C(C)C)c(CO)cn1. The molecular weight excluding hydrogens is 190 g/mol. The van der Waals surface area contributed by atoms with E-state index in [4.69, 9.17) is 9.84 Å². The highest BCUT2D eigenvalue weighted by molar-refractivity contribution is 5.32. The third-order valence-electron chi connectivity index (χ3n) is 2.50. The summed E-state index contributed by atoms with van der Waals surface area (Å²) in [5.41, 5.74) is 1.64. The van der Waals surface area contributed by atoms with Crippen molar-refractivity contribution in [1.82, 2.24) is 4.98 Å². The number of ether oxygens (including phenoxy) is 1. The van der Waals surface area contributed by atoms with Crippen LogP contribution in [0.1, 0.15) is 32.0 Å². The van der Waals surface area contributed by atoms with Crippen LogP contribution in [0.2, 0.25) is 0 Å². The zero-order chi connectivity index (χ0) is 11.4. The molecule has 0 saturated carbocycles. The van der Waals surface area contributed by atoms with Crippen molar-refractivity contribution < 1.29 is 9.84 Å². The molecule has 0 saturated heterocycles. The molecule has 0 aliphatic carbocycles. The fraction of sp³-hybridized carbons (Fsp3) is 0.583. The van der Waals surface area contributed by atoms with Crippen LogP contribution in [0.25, 0.3) is 0 Å². The molecular formula is C12H19NO2. The zero-order valence-electron chi connectivity index (χ0n) is 9.82. The molecule has 0 aliphatic rings. The normalized spacial score (nSPS) is 12.9. The Bertz CT molecular complexity index is 323. The maximum Gasteiger partial charge on any atom is 0.128 e. The third-order valence-corrected chi connectivity index (χ3v) is 2.50. The first-order chi connectivity index (χ1) is 7.04. The van der Waals surface area contributed by atoms with Gasteiger partial charge in [0.2, 0.25) is 0 Å². The standard InChI is InChI=1S/C12H19NO2/c1-8(2)10(4)15-12-5-9(3)13-6-11(12)7-14/h5-6,8,10,14H,7H2,1-4H3. The molecule has 0 fully saturated rings. The molecule has 1 heterocycles. The summed E-state index contributed by atoms with van der Waals surface area (Å²) >= 11 is 0. The van der Waals surface area contributed by atoms with E-state index in [0.29, 0.717) is 5.92 Å². The Labute approximate surface area is 91.1 Å². The number of hydrogen-bond acceptors (Lipinski definition) is 3. The van der Waals surface area contributed by atoms with Gasteiger partial charge in [-0.2, -0.15) is 0 Å². The van der Waals surface area contributed by atoms with E-state index in [0.717, 1.165) is 17.0 Å². The molecule has 1 N–H and O–H groups in total. The number of pyridine rings is 1. The Morgan fingerprint density at radius 1 is 1.40 bits per heavy atom. The highest BCUT2D eigenvalue weighted by Gasteiger charge is 2.11. The maximum absolute atomic E-state index is 9.14. The highest BCUT2D eigenvalue weighted by Crippen LogP contribution is 2.21. The number of aryl methyl sites for hydroxylation is 1. The lowest BCUT2D eigenvalue weighted by Crippen LogP contribution is -2.19. The molecule has 3 heteroatoms. The molecule has 0 amide bonds. The number of aliphatic hydroxyl groups excluding tert-OH is 1. The van der Waals surface area contributed by atoms with Gasteiger partial charge in [0.25, 0.3) is 0 Å². The van der Waals surface area contributed by atoms with Crippen LogP contribution in [-0.2, 0) is 6.61 Å². The molecule has 0 radical (unpaired) electrons. The van der Waals surface area contributed by atoms with E-state index in [1.165, 1.54) is 0 Å². The van der Waals surface area contributed by atoms with Crippen molar-refractivity contribution in [3.05, 3.63) is 23.5 Å². The third kappa shape index (κ3) is 3.20. The van der Waals surface area contributed by atoms with Gasteiger partial charge in [-0.25, -0.2) is 0 Å². The van der Waals surface area contributed by atoms with Gasteiger partial charge in [0.05, 0.1) is 12.7 Å². The van der Waals surface area contributed by atoms with E-state index in [-0.39, 0.29) is 12.7 Å². The van der Waals surface area contributed by atoms with Crippen molar-refractivity contribution in [2.75, 3.05) is 0 Å². The molecule has 1 unspecified atom stereocenters. The summed E-state index contributed by atoms with van der Waals surface area (Å²) in [6, 6.07) is 1.87. The maximum atomic E-state index is 9.14. The Kier molecular flexibility index (Phi) is 4.09. The zero-order valence-corrected chi connectivity index (χ0v) is 9.82. The van der Waals surface area contributed by atoms with Crippen molar-refractivity contribution in [1.29, 1.82) is 0 Å². The summed E-state index contributed by atoms with van der Waals surface area (Å²) in [6.07, 6.45) is 1.80. The average molecular weight is 209 g/mol. The van der Waals surface area contributed by atoms with Crippen LogP contribution in [0.4, 0.5) is 0 Å². The van der Waals surface area contributed by atoms with E-state index < -0.39 is 0 Å². The Hall–Kier alpha value is -1.09. The molecule has 1 rings (SSSR count). The Morgan fingerprint density at radius 3 is 2.60 bits per heavy atom. The predicted octanol–water partition coefficient (Wildman–Crippen LogP) is 2.31. The van der Waals surface area contributed by atoms with Crippen LogP contribution in [-0.4, -0.2) is 16.2 Å². The van der Waals surface area contributed by atoms with Crippen LogP contribution in [0.3, 0.4) is 0 Å². The molecule has 0 spiro atoms. The molecule has 0 bridgehead atoms. The first-order valence-corrected chi connectivity index (χ1v) is 5.27. The van der Waals surface area contributed by atoms with E-state index >= 15 is 0 Å². The van der Waals surface area contributed by atoms with Gasteiger partial charge in [-0.3, -0.25) is 4.98 Å². The number of hydrogen-bond donors (Lipinski definition) is 1. The molecule has 3 nitrogen and oxygen atoms in total. The minimum atomic E-state index is -0.0343. The van der Waals surface area contributed by atoms with Gasteiger partial charge in [0.1, 0.15) is 5.75 Å². The Balaban J connectivity index is 2.87. The summed E-state index contributed by atoms with van der Waals surface area (Å²) in [5, 5.41) is 9.14. The second-order valence-electron chi connectivity index (χ2n) is 4.16. The van der Waals surface area contributed by atoms with E-state index in [2.05, 4.69) is 18.8 Å². The fourth-order valence-corrected chi connectivity index (χ4v) is 1.13. The summed E-state index contributed by atoms with van der Waals surface area (Å²) in [4.78, 5) is 4.12.